The van der Waals surface area contributed by atoms with Gasteiger partial charge in [0, 0.05) is 24.2 Å². The van der Waals surface area contributed by atoms with Crippen molar-refractivity contribution >= 4 is 0 Å². The van der Waals surface area contributed by atoms with Crippen molar-refractivity contribution in [3.8, 4) is 5.75 Å². The average molecular weight is 201 g/mol. The van der Waals surface area contributed by atoms with Crippen molar-refractivity contribution in [2.45, 2.75) is 19.4 Å². The third kappa shape index (κ3) is 3.30. The molecule has 0 saturated carbocycles. The van der Waals surface area contributed by atoms with Crippen molar-refractivity contribution in [1.82, 2.24) is 0 Å². The lowest BCUT2D eigenvalue weighted by Crippen LogP contribution is -2.26. The summed E-state index contributed by atoms with van der Waals surface area (Å²) in [5, 5.41) is 0. The summed E-state index contributed by atoms with van der Waals surface area (Å²) >= 11 is 0. The lowest BCUT2D eigenvalue weighted by atomic mass is 10.2. The standard InChI is InChI=1S/C10H13F2NO/c1-2-9(13)6-14-10-4-7(11)3-8(12)5-10/h3-5,9H,2,6,13H2,1H3. The normalized spacial score (nSPS) is 12.6. The van der Waals surface area contributed by atoms with Crippen LogP contribution in [0.5, 0.6) is 5.75 Å². The number of rotatable bonds is 4. The Balaban J connectivity index is 2.58. The van der Waals surface area contributed by atoms with Gasteiger partial charge in [-0.3, -0.25) is 0 Å². The van der Waals surface area contributed by atoms with Crippen LogP contribution in [0.1, 0.15) is 13.3 Å². The largest absolute Gasteiger partial charge is 0.492 e. The van der Waals surface area contributed by atoms with Crippen LogP contribution in [0, 0.1) is 11.6 Å². The van der Waals surface area contributed by atoms with E-state index in [1.165, 1.54) is 0 Å². The summed E-state index contributed by atoms with van der Waals surface area (Å²) in [6.07, 6.45) is 0.762. The van der Waals surface area contributed by atoms with E-state index >= 15 is 0 Å². The molecule has 0 aromatic heterocycles. The molecule has 0 radical (unpaired) electrons. The van der Waals surface area contributed by atoms with Crippen LogP contribution in [-0.4, -0.2) is 12.6 Å². The Morgan fingerprint density at radius 1 is 1.29 bits per heavy atom. The van der Waals surface area contributed by atoms with Gasteiger partial charge in [-0.1, -0.05) is 6.92 Å². The van der Waals surface area contributed by atoms with Crippen LogP contribution in [0.25, 0.3) is 0 Å². The van der Waals surface area contributed by atoms with Crippen molar-refractivity contribution in [2.75, 3.05) is 6.61 Å². The summed E-state index contributed by atoms with van der Waals surface area (Å²) in [7, 11) is 0. The van der Waals surface area contributed by atoms with E-state index in [2.05, 4.69) is 0 Å². The minimum Gasteiger partial charge on any atom is -0.492 e. The molecule has 14 heavy (non-hydrogen) atoms. The van der Waals surface area contributed by atoms with Crippen LogP contribution < -0.4 is 10.5 Å². The number of halogens is 2. The SMILES string of the molecule is CCC(N)COc1cc(F)cc(F)c1. The van der Waals surface area contributed by atoms with Crippen LogP contribution in [0.4, 0.5) is 8.78 Å². The molecule has 2 N–H and O–H groups in total. The van der Waals surface area contributed by atoms with Crippen LogP contribution in [0.2, 0.25) is 0 Å². The molecule has 4 heteroatoms. The van der Waals surface area contributed by atoms with E-state index in [0.29, 0.717) is 0 Å². The summed E-state index contributed by atoms with van der Waals surface area (Å²) in [5.74, 6) is -1.12. The Labute approximate surface area is 81.7 Å². The molecule has 1 unspecified atom stereocenters. The molecule has 1 aromatic carbocycles. The van der Waals surface area contributed by atoms with Gasteiger partial charge in [-0.25, -0.2) is 8.78 Å². The van der Waals surface area contributed by atoms with Gasteiger partial charge in [0.2, 0.25) is 0 Å². The molecular weight excluding hydrogens is 188 g/mol. The first-order chi connectivity index (χ1) is 6.61. The fourth-order valence-electron chi connectivity index (χ4n) is 0.933. The highest BCUT2D eigenvalue weighted by molar-refractivity contribution is 5.23. The van der Waals surface area contributed by atoms with Crippen molar-refractivity contribution in [3.63, 3.8) is 0 Å². The molecule has 2 nitrogen and oxygen atoms in total. The lowest BCUT2D eigenvalue weighted by Gasteiger charge is -2.10. The molecule has 0 aliphatic carbocycles. The topological polar surface area (TPSA) is 35.2 Å². The van der Waals surface area contributed by atoms with E-state index in [1.54, 1.807) is 0 Å². The van der Waals surface area contributed by atoms with E-state index in [1.807, 2.05) is 6.92 Å². The second-order valence-corrected chi connectivity index (χ2v) is 3.08. The number of ether oxygens (including phenoxy) is 1. The zero-order chi connectivity index (χ0) is 10.6. The Hall–Kier alpha value is -1.16. The summed E-state index contributed by atoms with van der Waals surface area (Å²) in [5.41, 5.74) is 5.58. The summed E-state index contributed by atoms with van der Waals surface area (Å²) in [6, 6.07) is 2.95. The van der Waals surface area contributed by atoms with Crippen molar-refractivity contribution in [2.24, 2.45) is 5.73 Å². The van der Waals surface area contributed by atoms with E-state index in [9.17, 15) is 8.78 Å². The summed E-state index contributed by atoms with van der Waals surface area (Å²) < 4.78 is 30.5. The lowest BCUT2D eigenvalue weighted by molar-refractivity contribution is 0.282. The second kappa shape index (κ2) is 4.91. The quantitative estimate of drug-likeness (QED) is 0.809. The fourth-order valence-corrected chi connectivity index (χ4v) is 0.933. The van der Waals surface area contributed by atoms with Crippen LogP contribution in [-0.2, 0) is 0 Å². The van der Waals surface area contributed by atoms with E-state index < -0.39 is 11.6 Å². The molecule has 0 heterocycles. The van der Waals surface area contributed by atoms with Crippen LogP contribution >= 0.6 is 0 Å². The van der Waals surface area contributed by atoms with Crippen molar-refractivity contribution in [1.29, 1.82) is 0 Å². The molecule has 0 aliphatic rings. The molecule has 1 aromatic rings. The van der Waals surface area contributed by atoms with Gasteiger partial charge < -0.3 is 10.5 Å². The maximum Gasteiger partial charge on any atom is 0.129 e. The highest BCUT2D eigenvalue weighted by Crippen LogP contribution is 2.15. The van der Waals surface area contributed by atoms with E-state index in [4.69, 9.17) is 10.5 Å². The van der Waals surface area contributed by atoms with Gasteiger partial charge in [0.1, 0.15) is 24.0 Å². The predicted molar refractivity (Wildman–Crippen MR) is 50.1 cm³/mol. The minimum atomic E-state index is -0.648. The molecule has 78 valence electrons. The Kier molecular flexibility index (Phi) is 3.83. The monoisotopic (exact) mass is 201 g/mol. The molecule has 1 atom stereocenters. The van der Waals surface area contributed by atoms with Crippen molar-refractivity contribution in [3.05, 3.63) is 29.8 Å². The molecule has 0 spiro atoms. The third-order valence-corrected chi connectivity index (χ3v) is 1.82. The number of benzene rings is 1. The number of hydrogen-bond acceptors (Lipinski definition) is 2. The van der Waals surface area contributed by atoms with E-state index in [0.717, 1.165) is 24.6 Å². The highest BCUT2D eigenvalue weighted by atomic mass is 19.1. The predicted octanol–water partition coefficient (Wildman–Crippen LogP) is 2.08. The van der Waals surface area contributed by atoms with Gasteiger partial charge in [-0.05, 0) is 6.42 Å². The number of hydrogen-bond donors (Lipinski definition) is 1. The van der Waals surface area contributed by atoms with Gasteiger partial charge >= 0.3 is 0 Å². The van der Waals surface area contributed by atoms with Crippen molar-refractivity contribution < 1.29 is 13.5 Å². The number of nitrogens with two attached hydrogens (primary N) is 1. The zero-order valence-electron chi connectivity index (χ0n) is 7.97. The summed E-state index contributed by atoms with van der Waals surface area (Å²) in [4.78, 5) is 0. The highest BCUT2D eigenvalue weighted by Gasteiger charge is 2.03. The maximum absolute atomic E-state index is 12.7. The molecular formula is C10H13F2NO. The Morgan fingerprint density at radius 2 is 1.86 bits per heavy atom. The Bertz CT molecular complexity index is 284. The fraction of sp³-hybridized carbons (Fsp3) is 0.400. The van der Waals surface area contributed by atoms with Gasteiger partial charge in [-0.15, -0.1) is 0 Å². The second-order valence-electron chi connectivity index (χ2n) is 3.08. The minimum absolute atomic E-state index is 0.110. The summed E-state index contributed by atoms with van der Waals surface area (Å²) in [6.45, 7) is 2.18. The third-order valence-electron chi connectivity index (χ3n) is 1.82. The van der Waals surface area contributed by atoms with Gasteiger partial charge in [0.05, 0.1) is 0 Å². The molecule has 0 aliphatic heterocycles. The van der Waals surface area contributed by atoms with Gasteiger partial charge in [-0.2, -0.15) is 0 Å². The molecule has 0 amide bonds. The van der Waals surface area contributed by atoms with Crippen LogP contribution in [0.3, 0.4) is 0 Å². The Morgan fingerprint density at radius 3 is 2.36 bits per heavy atom. The maximum atomic E-state index is 12.7. The smallest absolute Gasteiger partial charge is 0.129 e. The first-order valence-corrected chi connectivity index (χ1v) is 4.46. The van der Waals surface area contributed by atoms with Crippen LogP contribution in [0.15, 0.2) is 18.2 Å². The first-order valence-electron chi connectivity index (χ1n) is 4.46. The molecule has 0 fully saturated rings. The molecule has 1 rings (SSSR count). The first kappa shape index (κ1) is 10.9. The molecule has 0 saturated heterocycles. The molecule has 0 bridgehead atoms. The zero-order valence-corrected chi connectivity index (χ0v) is 7.97. The van der Waals surface area contributed by atoms with Gasteiger partial charge in [0.25, 0.3) is 0 Å². The van der Waals surface area contributed by atoms with E-state index in [-0.39, 0.29) is 18.4 Å². The average Bonchev–Trinajstić information content (AvgIpc) is 2.12. The van der Waals surface area contributed by atoms with Gasteiger partial charge in [0.15, 0.2) is 0 Å².